The van der Waals surface area contributed by atoms with Crippen LogP contribution in [0.1, 0.15) is 0 Å². The van der Waals surface area contributed by atoms with Gasteiger partial charge < -0.3 is 8.98 Å². The van der Waals surface area contributed by atoms with Gasteiger partial charge in [-0.25, -0.2) is 9.97 Å². The number of rotatable bonds is 5. The summed E-state index contributed by atoms with van der Waals surface area (Å²) in [5, 5.41) is 8.06. The van der Waals surface area contributed by atoms with E-state index in [1.807, 2.05) is 6.07 Å². The standard InChI is InChI=1S/C56H33N3OS/c1-4-15-34(16-5-1)37-27-29-46-44(31-37)51-40-22-11-10-21-39(40)43(35-17-6-2-7-18-35)33-47(51)59(46)38-28-30-48-45(32-38)52-42(24-14-25-49(52)60-48)56-57-53(36-19-8-3-9-20-36)55-54(58-56)41-23-12-13-26-50(41)61-55/h1-33H. The zero-order valence-electron chi connectivity index (χ0n) is 32.7. The van der Waals surface area contributed by atoms with Crippen LogP contribution in [0.4, 0.5) is 0 Å². The molecule has 0 amide bonds. The average Bonchev–Trinajstić information content (AvgIpc) is 4.01. The van der Waals surface area contributed by atoms with Gasteiger partial charge in [0.15, 0.2) is 5.82 Å². The summed E-state index contributed by atoms with van der Waals surface area (Å²) in [7, 11) is 0. The molecule has 4 heterocycles. The molecule has 13 aromatic rings. The molecular formula is C56H33N3OS. The predicted molar refractivity (Wildman–Crippen MR) is 256 cm³/mol. The molecular weight excluding hydrogens is 763 g/mol. The summed E-state index contributed by atoms with van der Waals surface area (Å²) >= 11 is 1.75. The van der Waals surface area contributed by atoms with Gasteiger partial charge in [0.1, 0.15) is 11.2 Å². The van der Waals surface area contributed by atoms with Gasteiger partial charge >= 0.3 is 0 Å². The Bertz CT molecular complexity index is 3860. The van der Waals surface area contributed by atoms with Crippen molar-refractivity contribution >= 4 is 86.2 Å². The van der Waals surface area contributed by atoms with Gasteiger partial charge in [0.05, 0.1) is 26.9 Å². The summed E-state index contributed by atoms with van der Waals surface area (Å²) in [4.78, 5) is 10.7. The molecule has 0 saturated heterocycles. The van der Waals surface area contributed by atoms with Gasteiger partial charge in [-0.2, -0.15) is 0 Å². The zero-order valence-corrected chi connectivity index (χ0v) is 33.5. The molecule has 284 valence electrons. The Morgan fingerprint density at radius 3 is 1.92 bits per heavy atom. The van der Waals surface area contributed by atoms with Crippen LogP contribution >= 0.6 is 11.3 Å². The second kappa shape index (κ2) is 13.3. The maximum atomic E-state index is 6.66. The van der Waals surface area contributed by atoms with Crippen LogP contribution in [0.3, 0.4) is 0 Å². The van der Waals surface area contributed by atoms with Crippen LogP contribution in [0, 0.1) is 0 Å². The van der Waals surface area contributed by atoms with Crippen molar-refractivity contribution in [1.29, 1.82) is 0 Å². The molecule has 61 heavy (non-hydrogen) atoms. The van der Waals surface area contributed by atoms with E-state index >= 15 is 0 Å². The minimum absolute atomic E-state index is 0.679. The van der Waals surface area contributed by atoms with Crippen LogP contribution in [0.2, 0.25) is 0 Å². The lowest BCUT2D eigenvalue weighted by atomic mass is 9.94. The molecule has 0 aliphatic rings. The van der Waals surface area contributed by atoms with Crippen molar-refractivity contribution in [2.24, 2.45) is 0 Å². The normalized spacial score (nSPS) is 11.9. The molecule has 0 saturated carbocycles. The molecule has 9 aromatic carbocycles. The Labute approximate surface area is 354 Å². The van der Waals surface area contributed by atoms with Crippen molar-refractivity contribution < 1.29 is 4.42 Å². The molecule has 0 radical (unpaired) electrons. The molecule has 4 nitrogen and oxygen atoms in total. The Morgan fingerprint density at radius 2 is 1.11 bits per heavy atom. The van der Waals surface area contributed by atoms with Gasteiger partial charge in [-0.15, -0.1) is 11.3 Å². The number of hydrogen-bond donors (Lipinski definition) is 0. The van der Waals surface area contributed by atoms with E-state index in [-0.39, 0.29) is 0 Å². The lowest BCUT2D eigenvalue weighted by Gasteiger charge is -2.12. The summed E-state index contributed by atoms with van der Waals surface area (Å²) in [5.41, 5.74) is 13.7. The van der Waals surface area contributed by atoms with E-state index in [4.69, 9.17) is 14.4 Å². The second-order valence-electron chi connectivity index (χ2n) is 15.7. The number of furan rings is 1. The first-order valence-corrected chi connectivity index (χ1v) is 21.4. The number of fused-ring (bicyclic) bond motifs is 11. The first kappa shape index (κ1) is 34.0. The van der Waals surface area contributed by atoms with Crippen molar-refractivity contribution in [3.63, 3.8) is 0 Å². The summed E-state index contributed by atoms with van der Waals surface area (Å²) in [6.45, 7) is 0. The molecule has 0 bridgehead atoms. The van der Waals surface area contributed by atoms with Crippen molar-refractivity contribution in [3.05, 3.63) is 200 Å². The molecule has 0 atom stereocenters. The molecule has 4 aromatic heterocycles. The summed E-state index contributed by atoms with van der Waals surface area (Å²) in [6, 6.07) is 71.4. The van der Waals surface area contributed by atoms with Gasteiger partial charge in [-0.1, -0.05) is 152 Å². The Hall–Kier alpha value is -7.86. The van der Waals surface area contributed by atoms with Crippen LogP contribution in [0.15, 0.2) is 205 Å². The van der Waals surface area contributed by atoms with E-state index < -0.39 is 0 Å². The van der Waals surface area contributed by atoms with Crippen molar-refractivity contribution in [1.82, 2.24) is 14.5 Å². The fourth-order valence-electron chi connectivity index (χ4n) is 9.47. The van der Waals surface area contributed by atoms with Crippen molar-refractivity contribution in [2.75, 3.05) is 0 Å². The third-order valence-electron chi connectivity index (χ3n) is 12.2. The van der Waals surface area contributed by atoms with Gasteiger partial charge in [0.25, 0.3) is 0 Å². The van der Waals surface area contributed by atoms with Crippen LogP contribution in [-0.4, -0.2) is 14.5 Å². The quantitative estimate of drug-likeness (QED) is 0.174. The first-order chi connectivity index (χ1) is 30.2. The third kappa shape index (κ3) is 5.24. The monoisotopic (exact) mass is 795 g/mol. The van der Waals surface area contributed by atoms with E-state index in [1.165, 1.54) is 48.5 Å². The number of nitrogens with zero attached hydrogens (tertiary/aromatic N) is 3. The molecule has 5 heteroatoms. The topological polar surface area (TPSA) is 43.9 Å². The number of aromatic nitrogens is 3. The van der Waals surface area contributed by atoms with E-state index in [1.54, 1.807) is 11.3 Å². The summed E-state index contributed by atoms with van der Waals surface area (Å²) in [5.74, 6) is 0.679. The smallest absolute Gasteiger partial charge is 0.161 e. The van der Waals surface area contributed by atoms with E-state index in [0.717, 1.165) is 71.1 Å². The zero-order chi connectivity index (χ0) is 40.0. The maximum Gasteiger partial charge on any atom is 0.161 e. The molecule has 0 aliphatic carbocycles. The fourth-order valence-corrected chi connectivity index (χ4v) is 10.6. The molecule has 0 fully saturated rings. The van der Waals surface area contributed by atoms with Crippen LogP contribution in [0.5, 0.6) is 0 Å². The average molecular weight is 796 g/mol. The highest BCUT2D eigenvalue weighted by Gasteiger charge is 2.22. The van der Waals surface area contributed by atoms with Crippen LogP contribution < -0.4 is 0 Å². The molecule has 0 unspecified atom stereocenters. The number of thiophene rings is 1. The molecule has 0 aliphatic heterocycles. The SMILES string of the molecule is c1ccc(-c2ccc3c(c2)c2c4ccccc4c(-c4ccccc4)cc2n3-c2ccc3oc4cccc(-c5nc(-c6ccccc6)c6sc7ccccc7c6n5)c4c3c2)cc1. The number of benzene rings is 9. The Kier molecular flexibility index (Phi) is 7.44. The second-order valence-corrected chi connectivity index (χ2v) is 16.7. The van der Waals surface area contributed by atoms with Gasteiger partial charge in [0.2, 0.25) is 0 Å². The summed E-state index contributed by atoms with van der Waals surface area (Å²) < 4.78 is 11.4. The van der Waals surface area contributed by atoms with Gasteiger partial charge in [-0.3, -0.25) is 0 Å². The highest BCUT2D eigenvalue weighted by Crippen LogP contribution is 2.45. The van der Waals surface area contributed by atoms with E-state index in [2.05, 4.69) is 199 Å². The highest BCUT2D eigenvalue weighted by atomic mass is 32.1. The van der Waals surface area contributed by atoms with E-state index in [0.29, 0.717) is 5.82 Å². The lowest BCUT2D eigenvalue weighted by Crippen LogP contribution is -1.95. The van der Waals surface area contributed by atoms with Gasteiger partial charge in [0, 0.05) is 48.4 Å². The van der Waals surface area contributed by atoms with E-state index in [9.17, 15) is 0 Å². The van der Waals surface area contributed by atoms with Crippen molar-refractivity contribution in [3.8, 4) is 50.6 Å². The van der Waals surface area contributed by atoms with Crippen LogP contribution in [-0.2, 0) is 0 Å². The van der Waals surface area contributed by atoms with Gasteiger partial charge in [-0.05, 0) is 81.6 Å². The molecule has 13 rings (SSSR count). The lowest BCUT2D eigenvalue weighted by molar-refractivity contribution is 0.669. The predicted octanol–water partition coefficient (Wildman–Crippen LogP) is 15.7. The van der Waals surface area contributed by atoms with Crippen molar-refractivity contribution in [2.45, 2.75) is 0 Å². The van der Waals surface area contributed by atoms with Crippen LogP contribution in [0.25, 0.3) is 125 Å². The third-order valence-corrected chi connectivity index (χ3v) is 13.4. The molecule has 0 N–H and O–H groups in total. The Morgan fingerprint density at radius 1 is 0.410 bits per heavy atom. The highest BCUT2D eigenvalue weighted by molar-refractivity contribution is 7.26. The Balaban J connectivity index is 1.10. The summed E-state index contributed by atoms with van der Waals surface area (Å²) in [6.07, 6.45) is 0. The minimum atomic E-state index is 0.679. The largest absolute Gasteiger partial charge is 0.456 e. The number of hydrogen-bond acceptors (Lipinski definition) is 4. The minimum Gasteiger partial charge on any atom is -0.456 e. The first-order valence-electron chi connectivity index (χ1n) is 20.6. The molecule has 0 spiro atoms. The maximum absolute atomic E-state index is 6.66. The fraction of sp³-hybridized carbons (Fsp3) is 0.